The summed E-state index contributed by atoms with van der Waals surface area (Å²) < 4.78 is 13.8. The monoisotopic (exact) mass is 476 g/mol. The Labute approximate surface area is 192 Å². The maximum Gasteiger partial charge on any atom is 0.488 e. The van der Waals surface area contributed by atoms with Crippen molar-refractivity contribution in [2.24, 2.45) is 5.73 Å². The van der Waals surface area contributed by atoms with Crippen molar-refractivity contribution in [3.8, 4) is 0 Å². The van der Waals surface area contributed by atoms with Crippen LogP contribution in [0, 0.1) is 5.82 Å². The van der Waals surface area contributed by atoms with E-state index in [9.17, 15) is 38.9 Å². The second-order valence-electron chi connectivity index (χ2n) is 7.45. The van der Waals surface area contributed by atoms with Gasteiger partial charge in [-0.05, 0) is 54.5 Å². The first-order valence-corrected chi connectivity index (χ1v) is 10.6. The number of unbranched alkanes of at least 4 members (excludes halogenated alkanes) is 1. The van der Waals surface area contributed by atoms with Crippen molar-refractivity contribution in [3.05, 3.63) is 58.9 Å². The van der Waals surface area contributed by atoms with Gasteiger partial charge in [0.2, 0.25) is 0 Å². The molecular formula is C20H24B2FN2O7P. The Balaban J connectivity index is 2.20. The van der Waals surface area contributed by atoms with Crippen molar-refractivity contribution in [2.75, 3.05) is 6.54 Å². The van der Waals surface area contributed by atoms with Gasteiger partial charge >= 0.3 is 14.2 Å². The van der Waals surface area contributed by atoms with Crippen LogP contribution in [-0.4, -0.2) is 64.1 Å². The van der Waals surface area contributed by atoms with Crippen molar-refractivity contribution >= 4 is 51.6 Å². The maximum absolute atomic E-state index is 13.8. The highest BCUT2D eigenvalue weighted by Crippen LogP contribution is 2.13. The minimum Gasteiger partial charge on any atom is -0.423 e. The molecule has 0 aliphatic heterocycles. The Hall–Kier alpha value is -2.46. The summed E-state index contributed by atoms with van der Waals surface area (Å²) in [7, 11) is -1.95. The summed E-state index contributed by atoms with van der Waals surface area (Å²) in [6.07, 6.45) is 1.60. The number of amides is 1. The minimum atomic E-state index is -2.00. The van der Waals surface area contributed by atoms with Crippen LogP contribution in [0.1, 0.15) is 45.5 Å². The Kier molecular flexibility index (Phi) is 9.85. The van der Waals surface area contributed by atoms with Gasteiger partial charge in [0.25, 0.3) is 5.91 Å². The predicted octanol–water partition coefficient (Wildman–Crippen LogP) is -1.95. The number of ketones is 1. The first-order valence-electron chi connectivity index (χ1n) is 10.0. The average Bonchev–Trinajstić information content (AvgIpc) is 2.77. The summed E-state index contributed by atoms with van der Waals surface area (Å²) in [5, 5.41) is 40.3. The Morgan fingerprint density at radius 1 is 0.909 bits per heavy atom. The molecule has 0 aliphatic rings. The van der Waals surface area contributed by atoms with Gasteiger partial charge < -0.3 is 31.1 Å². The number of nitrogens with two attached hydrogens (primary N) is 1. The molecule has 2 aromatic rings. The third-order valence-corrected chi connectivity index (χ3v) is 5.28. The number of nitrogens with one attached hydrogen (secondary N) is 1. The SMILES string of the molecule is N[C@@H](CCCCNC(=O)c1cc(B(O)O)cc(C(=O)c2cc(F)cc(B(O)O)c2)c1)C(=O)P. The molecule has 0 fully saturated rings. The van der Waals surface area contributed by atoms with Crippen LogP contribution in [0.4, 0.5) is 4.39 Å². The molecule has 1 unspecified atom stereocenters. The summed E-state index contributed by atoms with van der Waals surface area (Å²) in [5.41, 5.74) is 4.70. The first kappa shape index (κ1) is 26.8. The van der Waals surface area contributed by atoms with E-state index in [1.54, 1.807) is 0 Å². The molecule has 0 aliphatic carbocycles. The molecule has 0 bridgehead atoms. The summed E-state index contributed by atoms with van der Waals surface area (Å²) >= 11 is 0. The lowest BCUT2D eigenvalue weighted by Crippen LogP contribution is -2.33. The van der Waals surface area contributed by atoms with Gasteiger partial charge in [-0.2, -0.15) is 0 Å². The lowest BCUT2D eigenvalue weighted by molar-refractivity contribution is -0.112. The molecule has 0 radical (unpaired) electrons. The van der Waals surface area contributed by atoms with Crippen LogP contribution in [0.15, 0.2) is 36.4 Å². The molecule has 9 nitrogen and oxygen atoms in total. The Morgan fingerprint density at radius 2 is 1.45 bits per heavy atom. The summed E-state index contributed by atoms with van der Waals surface area (Å²) in [6.45, 7) is 0.257. The number of rotatable bonds is 11. The van der Waals surface area contributed by atoms with E-state index in [0.717, 1.165) is 24.3 Å². The van der Waals surface area contributed by atoms with Crippen molar-refractivity contribution in [2.45, 2.75) is 25.3 Å². The van der Waals surface area contributed by atoms with E-state index >= 15 is 0 Å². The maximum atomic E-state index is 13.8. The van der Waals surface area contributed by atoms with Gasteiger partial charge in [0.15, 0.2) is 11.3 Å². The van der Waals surface area contributed by atoms with Gasteiger partial charge in [-0.15, -0.1) is 0 Å². The highest BCUT2D eigenvalue weighted by Gasteiger charge is 2.21. The number of benzene rings is 2. The minimum absolute atomic E-state index is 0.0281. The molecule has 174 valence electrons. The molecule has 0 saturated heterocycles. The lowest BCUT2D eigenvalue weighted by atomic mass is 9.77. The fourth-order valence-corrected chi connectivity index (χ4v) is 3.22. The third-order valence-electron chi connectivity index (χ3n) is 4.85. The van der Waals surface area contributed by atoms with E-state index in [0.29, 0.717) is 19.3 Å². The van der Waals surface area contributed by atoms with Crippen LogP contribution in [0.3, 0.4) is 0 Å². The summed E-state index contributed by atoms with van der Waals surface area (Å²) in [4.78, 5) is 36.5. The normalized spacial score (nSPS) is 11.6. The van der Waals surface area contributed by atoms with Crippen LogP contribution >= 0.6 is 9.24 Å². The van der Waals surface area contributed by atoms with Crippen LogP contribution in [-0.2, 0) is 4.79 Å². The van der Waals surface area contributed by atoms with Crippen LogP contribution in [0.25, 0.3) is 0 Å². The molecular weight excluding hydrogens is 452 g/mol. The molecule has 2 aromatic carbocycles. The zero-order valence-electron chi connectivity index (χ0n) is 17.6. The number of hydrogen-bond acceptors (Lipinski definition) is 8. The summed E-state index contributed by atoms with van der Waals surface area (Å²) in [6, 6.07) is 5.81. The average molecular weight is 476 g/mol. The highest BCUT2D eigenvalue weighted by molar-refractivity contribution is 7.40. The first-order chi connectivity index (χ1) is 15.5. The van der Waals surface area contributed by atoms with Crippen LogP contribution in [0.2, 0.25) is 0 Å². The van der Waals surface area contributed by atoms with Crippen molar-refractivity contribution in [1.82, 2.24) is 5.32 Å². The molecule has 0 heterocycles. The lowest BCUT2D eigenvalue weighted by Gasteiger charge is -2.11. The second-order valence-corrected chi connectivity index (χ2v) is 8.02. The van der Waals surface area contributed by atoms with Gasteiger partial charge in [0.05, 0.1) is 6.04 Å². The number of halogens is 1. The molecule has 1 amide bonds. The molecule has 2 atom stereocenters. The third kappa shape index (κ3) is 7.82. The summed E-state index contributed by atoms with van der Waals surface area (Å²) in [5.74, 6) is -2.21. The van der Waals surface area contributed by atoms with E-state index in [-0.39, 0.29) is 39.7 Å². The molecule has 0 aromatic heterocycles. The smallest absolute Gasteiger partial charge is 0.423 e. The van der Waals surface area contributed by atoms with E-state index < -0.39 is 37.8 Å². The number of carbonyl (C=O) groups is 3. The van der Waals surface area contributed by atoms with Gasteiger partial charge in [0, 0.05) is 23.2 Å². The fraction of sp³-hybridized carbons (Fsp3) is 0.250. The molecule has 7 N–H and O–H groups in total. The predicted molar refractivity (Wildman–Crippen MR) is 125 cm³/mol. The standard InChI is InChI=1S/C20H24B2FN2O7P/c23-16-9-12(7-15(10-16)22(31)32)18(26)11-5-13(8-14(6-11)21(29)30)19(27)25-4-2-1-3-17(24)20(28)33/h5-10,17,29-32H,1-4,24,33H2,(H,25,27)/t17-/m0/s1. The Morgan fingerprint density at radius 3 is 2.03 bits per heavy atom. The van der Waals surface area contributed by atoms with E-state index in [1.807, 2.05) is 9.24 Å². The van der Waals surface area contributed by atoms with Crippen molar-refractivity contribution in [3.63, 3.8) is 0 Å². The van der Waals surface area contributed by atoms with Gasteiger partial charge in [-0.25, -0.2) is 4.39 Å². The molecule has 13 heteroatoms. The van der Waals surface area contributed by atoms with Gasteiger partial charge in [-0.3, -0.25) is 14.4 Å². The molecule has 2 rings (SSSR count). The van der Waals surface area contributed by atoms with Crippen molar-refractivity contribution < 1.29 is 38.9 Å². The quantitative estimate of drug-likeness (QED) is 0.0941. The fourth-order valence-electron chi connectivity index (χ4n) is 3.06. The largest absolute Gasteiger partial charge is 0.488 e. The zero-order valence-corrected chi connectivity index (χ0v) is 18.7. The zero-order chi connectivity index (χ0) is 24.7. The highest BCUT2D eigenvalue weighted by atomic mass is 31.0. The van der Waals surface area contributed by atoms with Gasteiger partial charge in [0.1, 0.15) is 5.82 Å². The molecule has 33 heavy (non-hydrogen) atoms. The van der Waals surface area contributed by atoms with Crippen LogP contribution < -0.4 is 22.0 Å². The van der Waals surface area contributed by atoms with E-state index in [2.05, 4.69) is 5.32 Å². The Bertz CT molecular complexity index is 1040. The van der Waals surface area contributed by atoms with Crippen molar-refractivity contribution in [1.29, 1.82) is 0 Å². The second kappa shape index (κ2) is 12.1. The topological polar surface area (TPSA) is 170 Å². The van der Waals surface area contributed by atoms with Crippen LogP contribution in [0.5, 0.6) is 0 Å². The van der Waals surface area contributed by atoms with Gasteiger partial charge in [-0.1, -0.05) is 21.4 Å². The van der Waals surface area contributed by atoms with E-state index in [1.165, 1.54) is 12.1 Å². The number of hydrogen-bond donors (Lipinski definition) is 6. The number of carbonyl (C=O) groups excluding carboxylic acids is 3. The van der Waals surface area contributed by atoms with E-state index in [4.69, 9.17) is 5.73 Å². The molecule has 0 saturated carbocycles. The molecule has 0 spiro atoms.